The van der Waals surface area contributed by atoms with Gasteiger partial charge in [-0.15, -0.1) is 0 Å². The number of aliphatic hydroxyl groups is 1. The normalized spacial score (nSPS) is 23.5. The molecule has 5 N–H and O–H groups in total. The predicted octanol–water partition coefficient (Wildman–Crippen LogP) is 2.18. The first-order valence-electron chi connectivity index (χ1n) is 12.1. The van der Waals surface area contributed by atoms with Crippen LogP contribution in [0.4, 0.5) is 16.2 Å². The van der Waals surface area contributed by atoms with Crippen LogP contribution in [0.1, 0.15) is 27.0 Å². The van der Waals surface area contributed by atoms with E-state index < -0.39 is 57.1 Å². The lowest BCUT2D eigenvalue weighted by Crippen LogP contribution is -2.37. The lowest BCUT2D eigenvalue weighted by Gasteiger charge is -2.25. The largest absolute Gasteiger partial charge is 0.462 e. The highest BCUT2D eigenvalue weighted by molar-refractivity contribution is 7.52. The third-order valence-electron chi connectivity index (χ3n) is 5.68. The predicted molar refractivity (Wildman–Crippen MR) is 139 cm³/mol. The Balaban J connectivity index is 1.52. The average molecular weight is 568 g/mol. The maximum absolute atomic E-state index is 15.3. The molecule has 0 aliphatic carbocycles. The molecule has 1 aliphatic rings. The molecular formula is C23H31FN7O7P. The van der Waals surface area contributed by atoms with Crippen LogP contribution in [0, 0.1) is 0 Å². The van der Waals surface area contributed by atoms with Crippen LogP contribution in [0.2, 0.25) is 0 Å². The Morgan fingerprint density at radius 3 is 2.67 bits per heavy atom. The monoisotopic (exact) mass is 567 g/mol. The molecule has 1 unspecified atom stereocenters. The van der Waals surface area contributed by atoms with Crippen molar-refractivity contribution in [2.75, 3.05) is 24.7 Å². The van der Waals surface area contributed by atoms with E-state index in [9.17, 15) is 14.5 Å². The number of nitrogens with one attached hydrogen (secondary N) is 2. The van der Waals surface area contributed by atoms with Crippen LogP contribution < -0.4 is 20.7 Å². The number of para-hydroxylation sites is 1. The zero-order valence-corrected chi connectivity index (χ0v) is 22.6. The molecule has 3 heterocycles. The van der Waals surface area contributed by atoms with Gasteiger partial charge in [-0.3, -0.25) is 13.9 Å². The molecule has 1 aromatic carbocycles. The molecule has 1 fully saturated rings. The van der Waals surface area contributed by atoms with E-state index in [0.29, 0.717) is 11.3 Å². The van der Waals surface area contributed by atoms with E-state index in [1.54, 1.807) is 51.2 Å². The van der Waals surface area contributed by atoms with Gasteiger partial charge >= 0.3 is 13.7 Å². The van der Waals surface area contributed by atoms with Gasteiger partial charge in [0.2, 0.25) is 5.95 Å². The van der Waals surface area contributed by atoms with E-state index in [1.807, 2.05) is 0 Å². The third-order valence-corrected chi connectivity index (χ3v) is 7.32. The molecule has 0 saturated carbocycles. The third kappa shape index (κ3) is 6.45. The Morgan fingerprint density at radius 1 is 1.28 bits per heavy atom. The molecule has 39 heavy (non-hydrogen) atoms. The lowest BCUT2D eigenvalue weighted by atomic mass is 10.1. The zero-order valence-electron chi connectivity index (χ0n) is 21.7. The SMILES string of the molecule is CNc1nc(N)nc2c1ncn2[C@@H]1O[C@H](COP(=O)(N[C@@H](C)C(=O)OC(C)C)Oc2ccccc2)[C@@H](O)[C@@H]1F. The number of hydrogen-bond donors (Lipinski definition) is 4. The first-order valence-corrected chi connectivity index (χ1v) is 13.7. The minimum atomic E-state index is -4.26. The number of rotatable bonds is 11. The van der Waals surface area contributed by atoms with Crippen LogP contribution in [-0.4, -0.2) is 74.8 Å². The second-order valence-corrected chi connectivity index (χ2v) is 10.7. The average Bonchev–Trinajstić information content (AvgIpc) is 3.42. The highest BCUT2D eigenvalue weighted by Crippen LogP contribution is 2.46. The van der Waals surface area contributed by atoms with Gasteiger partial charge in [0.25, 0.3) is 0 Å². The standard InChI is InChI=1S/C23H31FN7O7P/c1-12(2)36-22(33)13(3)30-39(34,38-14-8-6-5-7-9-14)35-10-15-18(32)16(24)21(37-15)31-11-27-17-19(26-4)28-23(25)29-20(17)31/h5-9,11-13,15-16,18,21,32H,10H2,1-4H3,(H,30,34)(H3,25,26,28,29)/t13-,15+,16-,18+,21+,39?/m0/s1. The van der Waals surface area contributed by atoms with Crippen LogP contribution in [0.15, 0.2) is 36.7 Å². The van der Waals surface area contributed by atoms with Gasteiger partial charge in [0.1, 0.15) is 24.0 Å². The Labute approximate surface area is 223 Å². The van der Waals surface area contributed by atoms with E-state index in [0.717, 1.165) is 0 Å². The molecule has 2 aromatic heterocycles. The fraction of sp³-hybridized carbons (Fsp3) is 0.478. The van der Waals surface area contributed by atoms with Crippen molar-refractivity contribution in [3.05, 3.63) is 36.7 Å². The van der Waals surface area contributed by atoms with Gasteiger partial charge in [-0.25, -0.2) is 13.9 Å². The van der Waals surface area contributed by atoms with Gasteiger partial charge < -0.3 is 30.2 Å². The highest BCUT2D eigenvalue weighted by atomic mass is 31.2. The summed E-state index contributed by atoms with van der Waals surface area (Å²) in [5.41, 5.74) is 6.28. The number of hydrogen-bond acceptors (Lipinski definition) is 12. The zero-order chi connectivity index (χ0) is 28.3. The number of halogens is 1. The van der Waals surface area contributed by atoms with Crippen LogP contribution in [0.3, 0.4) is 0 Å². The molecule has 1 aliphatic heterocycles. The number of fused-ring (bicyclic) bond motifs is 1. The molecule has 14 nitrogen and oxygen atoms in total. The summed E-state index contributed by atoms with van der Waals surface area (Å²) in [6, 6.07) is 7.05. The molecule has 1 saturated heterocycles. The number of carbonyl (C=O) groups is 1. The Hall–Kier alpha value is -3.36. The van der Waals surface area contributed by atoms with Crippen molar-refractivity contribution in [2.45, 2.75) is 57.5 Å². The van der Waals surface area contributed by atoms with Crippen LogP contribution in [0.5, 0.6) is 5.75 Å². The summed E-state index contributed by atoms with van der Waals surface area (Å²) in [6.07, 6.45) is -5.31. The molecule has 3 aromatic rings. The second kappa shape index (κ2) is 11.8. The van der Waals surface area contributed by atoms with Crippen LogP contribution in [0.25, 0.3) is 11.2 Å². The summed E-state index contributed by atoms with van der Waals surface area (Å²) in [6.45, 7) is 4.23. The number of nitrogens with zero attached hydrogens (tertiary/aromatic N) is 4. The van der Waals surface area contributed by atoms with Crippen LogP contribution >= 0.6 is 7.75 Å². The summed E-state index contributed by atoms with van der Waals surface area (Å²) in [7, 11) is -2.64. The summed E-state index contributed by atoms with van der Waals surface area (Å²) in [5.74, 6) is -0.229. The minimum absolute atomic E-state index is 0.0716. The highest BCUT2D eigenvalue weighted by Gasteiger charge is 2.47. The van der Waals surface area contributed by atoms with Gasteiger partial charge in [-0.2, -0.15) is 15.1 Å². The number of carbonyl (C=O) groups excluding carboxylic acids is 1. The molecule has 0 bridgehead atoms. The van der Waals surface area contributed by atoms with Gasteiger partial charge in [-0.1, -0.05) is 18.2 Å². The molecule has 16 heteroatoms. The minimum Gasteiger partial charge on any atom is -0.462 e. The van der Waals surface area contributed by atoms with Gasteiger partial charge in [0.15, 0.2) is 29.4 Å². The summed E-state index contributed by atoms with van der Waals surface area (Å²) >= 11 is 0. The topological polar surface area (TPSA) is 185 Å². The van der Waals surface area contributed by atoms with Crippen molar-refractivity contribution in [1.82, 2.24) is 24.6 Å². The van der Waals surface area contributed by atoms with E-state index >= 15 is 4.39 Å². The van der Waals surface area contributed by atoms with Gasteiger partial charge in [0.05, 0.1) is 19.0 Å². The maximum Gasteiger partial charge on any atom is 0.459 e. The summed E-state index contributed by atoms with van der Waals surface area (Å²) in [5, 5.41) is 16.0. The molecule has 0 spiro atoms. The molecular weight excluding hydrogens is 536 g/mol. The first kappa shape index (κ1) is 28.6. The second-order valence-electron chi connectivity index (χ2n) is 9.04. The quantitative estimate of drug-likeness (QED) is 0.195. The smallest absolute Gasteiger partial charge is 0.459 e. The number of nitrogen functional groups attached to an aromatic ring is 1. The number of ether oxygens (including phenoxy) is 2. The number of nitrogens with two attached hydrogens (primary N) is 1. The van der Waals surface area contributed by atoms with E-state index in [1.165, 1.54) is 17.8 Å². The molecule has 0 amide bonds. The Morgan fingerprint density at radius 2 is 2.00 bits per heavy atom. The Bertz CT molecular complexity index is 1350. The van der Waals surface area contributed by atoms with E-state index in [2.05, 4.69) is 25.4 Å². The van der Waals surface area contributed by atoms with E-state index in [4.69, 9.17) is 24.3 Å². The molecule has 4 rings (SSSR count). The summed E-state index contributed by atoms with van der Waals surface area (Å²) < 4.78 is 52.3. The van der Waals surface area contributed by atoms with Crippen molar-refractivity contribution < 1.29 is 37.4 Å². The van der Waals surface area contributed by atoms with Crippen molar-refractivity contribution in [2.24, 2.45) is 0 Å². The number of benzene rings is 1. The molecule has 0 radical (unpaired) electrons. The van der Waals surface area contributed by atoms with E-state index in [-0.39, 0.29) is 17.3 Å². The van der Waals surface area contributed by atoms with Crippen molar-refractivity contribution in [1.29, 1.82) is 0 Å². The number of aliphatic hydroxyl groups excluding tert-OH is 1. The number of alkyl halides is 1. The summed E-state index contributed by atoms with van der Waals surface area (Å²) in [4.78, 5) is 24.7. The number of esters is 1. The number of anilines is 2. The van der Waals surface area contributed by atoms with Crippen molar-refractivity contribution in [3.63, 3.8) is 0 Å². The Kier molecular flexibility index (Phi) is 8.67. The number of aromatic nitrogens is 4. The van der Waals surface area contributed by atoms with Gasteiger partial charge in [-0.05, 0) is 32.9 Å². The van der Waals surface area contributed by atoms with Gasteiger partial charge in [0, 0.05) is 7.05 Å². The van der Waals surface area contributed by atoms with Crippen LogP contribution in [-0.2, 0) is 23.4 Å². The fourth-order valence-electron chi connectivity index (χ4n) is 3.87. The molecule has 6 atom stereocenters. The number of imidazole rings is 1. The fourth-order valence-corrected chi connectivity index (χ4v) is 5.37. The van der Waals surface area contributed by atoms with Crippen molar-refractivity contribution in [3.8, 4) is 5.75 Å². The molecule has 212 valence electrons. The van der Waals surface area contributed by atoms with Crippen molar-refractivity contribution >= 4 is 36.6 Å². The maximum atomic E-state index is 15.3. The first-order chi connectivity index (χ1) is 18.5. The lowest BCUT2D eigenvalue weighted by molar-refractivity contribution is -0.149.